The molecule has 0 N–H and O–H groups in total. The molecule has 2 aromatic rings. The fraction of sp³-hybridized carbons (Fsp3) is 0.562. The van der Waals surface area contributed by atoms with Gasteiger partial charge < -0.3 is 0 Å². The van der Waals surface area contributed by atoms with Crippen LogP contribution in [0, 0.1) is 6.92 Å². The summed E-state index contributed by atoms with van der Waals surface area (Å²) in [6.45, 7) is 11.3. The number of carbonyl (C=O) groups excluding carboxylic acids is 1. The predicted octanol–water partition coefficient (Wildman–Crippen LogP) is 2.78. The van der Waals surface area contributed by atoms with Gasteiger partial charge in [0.25, 0.3) is 0 Å². The summed E-state index contributed by atoms with van der Waals surface area (Å²) in [5, 5.41) is 9.13. The highest BCUT2D eigenvalue weighted by Crippen LogP contribution is 2.18. The Kier molecular flexibility index (Phi) is 4.60. The van der Waals surface area contributed by atoms with E-state index in [4.69, 9.17) is 0 Å². The van der Waals surface area contributed by atoms with Crippen molar-refractivity contribution in [1.82, 2.24) is 19.6 Å². The topological polar surface area (TPSA) is 52.7 Å². The number of hydrogen-bond acceptors (Lipinski definition) is 3. The molecule has 0 aliphatic rings. The van der Waals surface area contributed by atoms with Crippen LogP contribution in [0.1, 0.15) is 60.8 Å². The SMILES string of the molecule is CCc1nn(Cc2cc(C)nn2CC)c(CC)c1C(C)=O. The van der Waals surface area contributed by atoms with Crippen molar-refractivity contribution >= 4 is 5.78 Å². The number of rotatable bonds is 6. The van der Waals surface area contributed by atoms with Gasteiger partial charge in [-0.15, -0.1) is 0 Å². The molecule has 0 bridgehead atoms. The van der Waals surface area contributed by atoms with Crippen molar-refractivity contribution in [2.45, 2.75) is 60.5 Å². The first-order valence-electron chi connectivity index (χ1n) is 7.64. The Morgan fingerprint density at radius 2 is 1.86 bits per heavy atom. The second-order valence-corrected chi connectivity index (χ2v) is 5.28. The van der Waals surface area contributed by atoms with Crippen LogP contribution in [-0.2, 0) is 25.9 Å². The van der Waals surface area contributed by atoms with Crippen LogP contribution in [0.3, 0.4) is 0 Å². The van der Waals surface area contributed by atoms with Gasteiger partial charge in [0.2, 0.25) is 0 Å². The lowest BCUT2D eigenvalue weighted by Gasteiger charge is -2.08. The minimum Gasteiger partial charge on any atom is -0.294 e. The number of Topliss-reactive ketones (excluding diaryl/α,β-unsaturated/α-hetero) is 1. The average molecular weight is 288 g/mol. The third kappa shape index (κ3) is 2.91. The molecule has 0 atom stereocenters. The minimum absolute atomic E-state index is 0.107. The summed E-state index contributed by atoms with van der Waals surface area (Å²) < 4.78 is 3.97. The monoisotopic (exact) mass is 288 g/mol. The molecule has 114 valence electrons. The van der Waals surface area contributed by atoms with E-state index >= 15 is 0 Å². The standard InChI is InChI=1S/C16H24N4O/c1-6-14-16(12(5)21)15(7-2)20(18-14)10-13-9-11(4)17-19(13)8-3/h9H,6-8,10H2,1-5H3. The number of carbonyl (C=O) groups is 1. The number of aryl methyl sites for hydroxylation is 3. The van der Waals surface area contributed by atoms with Crippen molar-refractivity contribution < 1.29 is 4.79 Å². The lowest BCUT2D eigenvalue weighted by atomic mass is 10.1. The molecule has 0 aliphatic heterocycles. The molecule has 2 rings (SSSR count). The number of aromatic nitrogens is 4. The molecular weight excluding hydrogens is 264 g/mol. The van der Waals surface area contributed by atoms with E-state index in [1.807, 2.05) is 23.2 Å². The molecule has 0 spiro atoms. The maximum atomic E-state index is 11.9. The van der Waals surface area contributed by atoms with Crippen LogP contribution in [0.5, 0.6) is 0 Å². The molecule has 0 radical (unpaired) electrons. The Bertz CT molecular complexity index is 652. The molecular formula is C16H24N4O. The van der Waals surface area contributed by atoms with Gasteiger partial charge in [-0.05, 0) is 39.7 Å². The number of ketones is 1. The van der Waals surface area contributed by atoms with Crippen molar-refractivity contribution in [3.05, 3.63) is 34.4 Å². The van der Waals surface area contributed by atoms with E-state index < -0.39 is 0 Å². The summed E-state index contributed by atoms with van der Waals surface area (Å²) in [7, 11) is 0. The summed E-state index contributed by atoms with van der Waals surface area (Å²) in [6.07, 6.45) is 1.59. The Labute approximate surface area is 126 Å². The van der Waals surface area contributed by atoms with Crippen molar-refractivity contribution in [2.75, 3.05) is 0 Å². The molecule has 0 amide bonds. The van der Waals surface area contributed by atoms with Gasteiger partial charge in [0.05, 0.1) is 29.2 Å². The van der Waals surface area contributed by atoms with E-state index in [2.05, 4.69) is 30.1 Å². The summed E-state index contributed by atoms with van der Waals surface area (Å²) in [5.74, 6) is 0.107. The molecule has 0 unspecified atom stereocenters. The normalized spacial score (nSPS) is 11.1. The zero-order chi connectivity index (χ0) is 15.6. The highest BCUT2D eigenvalue weighted by molar-refractivity contribution is 5.96. The van der Waals surface area contributed by atoms with Crippen LogP contribution >= 0.6 is 0 Å². The molecule has 0 fully saturated rings. The smallest absolute Gasteiger partial charge is 0.163 e. The molecule has 0 aliphatic carbocycles. The maximum Gasteiger partial charge on any atom is 0.163 e. The van der Waals surface area contributed by atoms with Gasteiger partial charge >= 0.3 is 0 Å². The van der Waals surface area contributed by atoms with Crippen LogP contribution in [-0.4, -0.2) is 25.3 Å². The fourth-order valence-corrected chi connectivity index (χ4v) is 2.85. The zero-order valence-electron chi connectivity index (χ0n) is 13.6. The van der Waals surface area contributed by atoms with Crippen molar-refractivity contribution in [3.63, 3.8) is 0 Å². The summed E-state index contributed by atoms with van der Waals surface area (Å²) in [6, 6.07) is 2.09. The minimum atomic E-state index is 0.107. The van der Waals surface area contributed by atoms with Gasteiger partial charge in [-0.1, -0.05) is 13.8 Å². The van der Waals surface area contributed by atoms with E-state index in [0.29, 0.717) is 6.54 Å². The zero-order valence-corrected chi connectivity index (χ0v) is 13.6. The average Bonchev–Trinajstić information content (AvgIpc) is 2.98. The lowest BCUT2D eigenvalue weighted by molar-refractivity contribution is 0.101. The molecule has 2 aromatic heterocycles. The highest BCUT2D eigenvalue weighted by atomic mass is 16.1. The van der Waals surface area contributed by atoms with Crippen LogP contribution in [0.15, 0.2) is 6.07 Å². The first-order chi connectivity index (χ1) is 10.0. The predicted molar refractivity (Wildman–Crippen MR) is 82.7 cm³/mol. The van der Waals surface area contributed by atoms with E-state index in [9.17, 15) is 4.79 Å². The molecule has 5 heteroatoms. The molecule has 0 saturated carbocycles. The Morgan fingerprint density at radius 3 is 2.38 bits per heavy atom. The van der Waals surface area contributed by atoms with E-state index in [1.165, 1.54) is 0 Å². The van der Waals surface area contributed by atoms with Crippen LogP contribution in [0.2, 0.25) is 0 Å². The fourth-order valence-electron chi connectivity index (χ4n) is 2.85. The van der Waals surface area contributed by atoms with Crippen LogP contribution in [0.25, 0.3) is 0 Å². The third-order valence-corrected chi connectivity index (χ3v) is 3.75. The Morgan fingerprint density at radius 1 is 1.14 bits per heavy atom. The maximum absolute atomic E-state index is 11.9. The van der Waals surface area contributed by atoms with Gasteiger partial charge in [0, 0.05) is 12.2 Å². The Hall–Kier alpha value is -1.91. The van der Waals surface area contributed by atoms with Crippen molar-refractivity contribution in [1.29, 1.82) is 0 Å². The summed E-state index contributed by atoms with van der Waals surface area (Å²) >= 11 is 0. The molecule has 0 saturated heterocycles. The quantitative estimate of drug-likeness (QED) is 0.768. The van der Waals surface area contributed by atoms with Gasteiger partial charge in [-0.3, -0.25) is 14.2 Å². The number of nitrogens with zero attached hydrogens (tertiary/aromatic N) is 4. The van der Waals surface area contributed by atoms with Gasteiger partial charge in [0.1, 0.15) is 0 Å². The van der Waals surface area contributed by atoms with Gasteiger partial charge in [0.15, 0.2) is 5.78 Å². The van der Waals surface area contributed by atoms with E-state index in [0.717, 1.165) is 47.7 Å². The molecule has 0 aromatic carbocycles. The van der Waals surface area contributed by atoms with Crippen LogP contribution in [0.4, 0.5) is 0 Å². The van der Waals surface area contributed by atoms with Crippen molar-refractivity contribution in [2.24, 2.45) is 0 Å². The second-order valence-electron chi connectivity index (χ2n) is 5.28. The van der Waals surface area contributed by atoms with E-state index in [1.54, 1.807) is 6.92 Å². The van der Waals surface area contributed by atoms with Gasteiger partial charge in [-0.2, -0.15) is 10.2 Å². The largest absolute Gasteiger partial charge is 0.294 e. The highest BCUT2D eigenvalue weighted by Gasteiger charge is 2.19. The summed E-state index contributed by atoms with van der Waals surface area (Å²) in [5.41, 5.74) is 4.88. The first kappa shape index (κ1) is 15.5. The first-order valence-corrected chi connectivity index (χ1v) is 7.64. The van der Waals surface area contributed by atoms with Crippen molar-refractivity contribution in [3.8, 4) is 0 Å². The van der Waals surface area contributed by atoms with E-state index in [-0.39, 0.29) is 5.78 Å². The van der Waals surface area contributed by atoms with Gasteiger partial charge in [-0.25, -0.2) is 0 Å². The molecule has 5 nitrogen and oxygen atoms in total. The molecule has 2 heterocycles. The lowest BCUT2D eigenvalue weighted by Crippen LogP contribution is -2.12. The number of hydrogen-bond donors (Lipinski definition) is 0. The molecule has 21 heavy (non-hydrogen) atoms. The third-order valence-electron chi connectivity index (χ3n) is 3.75. The summed E-state index contributed by atoms with van der Waals surface area (Å²) in [4.78, 5) is 11.9. The second kappa shape index (κ2) is 6.24. The van der Waals surface area contributed by atoms with Crippen LogP contribution < -0.4 is 0 Å². The Balaban J connectivity index is 2.46.